The molecular weight excluding hydrogens is 200 g/mol. The van der Waals surface area contributed by atoms with E-state index >= 15 is 0 Å². The third kappa shape index (κ3) is 2.20. The molecule has 1 unspecified atom stereocenters. The Labute approximate surface area is 97.4 Å². The largest absolute Gasteiger partial charge is 0.497 e. The Hall–Kier alpha value is -1.06. The predicted octanol–water partition coefficient (Wildman–Crippen LogP) is 1.45. The quantitative estimate of drug-likeness (QED) is 0.816. The maximum Gasteiger partial charge on any atom is 0.119 e. The first-order valence-corrected chi connectivity index (χ1v) is 5.72. The monoisotopic (exact) mass is 220 g/mol. The van der Waals surface area contributed by atoms with Crippen molar-refractivity contribution in [1.82, 2.24) is 10.2 Å². The van der Waals surface area contributed by atoms with Crippen LogP contribution in [-0.2, 0) is 5.54 Å². The molecule has 1 aliphatic heterocycles. The summed E-state index contributed by atoms with van der Waals surface area (Å²) in [7, 11) is 3.88. The van der Waals surface area contributed by atoms with Crippen LogP contribution < -0.4 is 10.1 Å². The Bertz CT molecular complexity index is 367. The van der Waals surface area contributed by atoms with Crippen molar-refractivity contribution in [3.63, 3.8) is 0 Å². The maximum atomic E-state index is 5.28. The van der Waals surface area contributed by atoms with Gasteiger partial charge >= 0.3 is 0 Å². The van der Waals surface area contributed by atoms with Gasteiger partial charge in [-0.15, -0.1) is 0 Å². The number of hydrogen-bond donors (Lipinski definition) is 1. The van der Waals surface area contributed by atoms with Crippen molar-refractivity contribution in [2.45, 2.75) is 12.5 Å². The van der Waals surface area contributed by atoms with Gasteiger partial charge in [-0.3, -0.25) is 0 Å². The van der Waals surface area contributed by atoms with Crippen LogP contribution in [0.2, 0.25) is 0 Å². The van der Waals surface area contributed by atoms with Gasteiger partial charge in [0.05, 0.1) is 12.6 Å². The number of nitrogens with zero attached hydrogens (tertiary/aromatic N) is 1. The molecule has 1 N–H and O–H groups in total. The molecule has 2 rings (SSSR count). The lowest BCUT2D eigenvalue weighted by atomic mass is 9.89. The lowest BCUT2D eigenvalue weighted by Crippen LogP contribution is -2.55. The Morgan fingerprint density at radius 1 is 1.44 bits per heavy atom. The second-order valence-corrected chi connectivity index (χ2v) is 4.73. The van der Waals surface area contributed by atoms with Crippen molar-refractivity contribution in [3.8, 4) is 5.75 Å². The molecule has 0 aliphatic carbocycles. The molecule has 0 aromatic heterocycles. The fraction of sp³-hybridized carbons (Fsp3) is 0.538. The number of piperazine rings is 1. The van der Waals surface area contributed by atoms with E-state index in [0.29, 0.717) is 0 Å². The number of nitrogens with one attached hydrogen (secondary N) is 1. The minimum atomic E-state index is 0.0293. The summed E-state index contributed by atoms with van der Waals surface area (Å²) in [6, 6.07) is 8.32. The molecule has 1 aliphatic rings. The van der Waals surface area contributed by atoms with Crippen molar-refractivity contribution in [2.24, 2.45) is 0 Å². The highest BCUT2D eigenvalue weighted by Gasteiger charge is 2.30. The first-order chi connectivity index (χ1) is 7.64. The van der Waals surface area contributed by atoms with Crippen molar-refractivity contribution in [3.05, 3.63) is 29.8 Å². The van der Waals surface area contributed by atoms with Gasteiger partial charge in [-0.1, -0.05) is 12.1 Å². The van der Waals surface area contributed by atoms with E-state index in [1.54, 1.807) is 7.11 Å². The molecule has 3 heteroatoms. The van der Waals surface area contributed by atoms with Crippen LogP contribution in [0.3, 0.4) is 0 Å². The van der Waals surface area contributed by atoms with Gasteiger partial charge in [0, 0.05) is 19.6 Å². The molecule has 1 aromatic rings. The molecule has 0 saturated carbocycles. The minimum Gasteiger partial charge on any atom is -0.497 e. The summed E-state index contributed by atoms with van der Waals surface area (Å²) in [5, 5.41) is 3.60. The van der Waals surface area contributed by atoms with Gasteiger partial charge in [-0.05, 0) is 31.7 Å². The highest BCUT2D eigenvalue weighted by Crippen LogP contribution is 2.26. The first kappa shape index (κ1) is 11.4. The summed E-state index contributed by atoms with van der Waals surface area (Å²) in [4.78, 5) is 2.36. The Morgan fingerprint density at radius 2 is 2.25 bits per heavy atom. The fourth-order valence-corrected chi connectivity index (χ4v) is 2.36. The first-order valence-electron chi connectivity index (χ1n) is 5.72. The van der Waals surface area contributed by atoms with Crippen LogP contribution in [0.15, 0.2) is 24.3 Å². The van der Waals surface area contributed by atoms with Crippen molar-refractivity contribution in [2.75, 3.05) is 33.8 Å². The van der Waals surface area contributed by atoms with E-state index < -0.39 is 0 Å². The average Bonchev–Trinajstić information content (AvgIpc) is 2.29. The second-order valence-electron chi connectivity index (χ2n) is 4.73. The van der Waals surface area contributed by atoms with Crippen molar-refractivity contribution < 1.29 is 4.74 Å². The van der Waals surface area contributed by atoms with Crippen molar-refractivity contribution >= 4 is 0 Å². The number of ether oxygens (including phenoxy) is 1. The van der Waals surface area contributed by atoms with Crippen LogP contribution in [0.4, 0.5) is 0 Å². The van der Waals surface area contributed by atoms with Crippen LogP contribution in [0, 0.1) is 0 Å². The Morgan fingerprint density at radius 3 is 2.94 bits per heavy atom. The van der Waals surface area contributed by atoms with E-state index in [1.807, 2.05) is 6.07 Å². The number of rotatable bonds is 2. The number of likely N-dealkylation sites (N-methyl/N-ethyl adjacent to an activating group) is 1. The van der Waals surface area contributed by atoms with E-state index in [1.165, 1.54) is 5.56 Å². The van der Waals surface area contributed by atoms with Crippen LogP contribution in [-0.4, -0.2) is 38.7 Å². The molecule has 16 heavy (non-hydrogen) atoms. The molecular formula is C13H20N2O. The van der Waals surface area contributed by atoms with Gasteiger partial charge in [0.2, 0.25) is 0 Å². The molecule has 1 aromatic carbocycles. The summed E-state index contributed by atoms with van der Waals surface area (Å²) in [6.07, 6.45) is 0. The number of hydrogen-bond acceptors (Lipinski definition) is 3. The second kappa shape index (κ2) is 4.44. The summed E-state index contributed by atoms with van der Waals surface area (Å²) < 4.78 is 5.28. The molecule has 88 valence electrons. The van der Waals surface area contributed by atoms with Crippen LogP contribution in [0.1, 0.15) is 12.5 Å². The third-order valence-corrected chi connectivity index (χ3v) is 3.30. The molecule has 0 spiro atoms. The van der Waals surface area contributed by atoms with Crippen LogP contribution in [0.25, 0.3) is 0 Å². The molecule has 1 saturated heterocycles. The van der Waals surface area contributed by atoms with Gasteiger partial charge in [-0.2, -0.15) is 0 Å². The van der Waals surface area contributed by atoms with E-state index in [9.17, 15) is 0 Å². The number of methoxy groups -OCH3 is 1. The van der Waals surface area contributed by atoms with Gasteiger partial charge in [-0.25, -0.2) is 0 Å². The van der Waals surface area contributed by atoms with Crippen LogP contribution >= 0.6 is 0 Å². The van der Waals surface area contributed by atoms with Gasteiger partial charge in [0.25, 0.3) is 0 Å². The lowest BCUT2D eigenvalue weighted by Gasteiger charge is -2.40. The van der Waals surface area contributed by atoms with E-state index in [0.717, 1.165) is 25.4 Å². The summed E-state index contributed by atoms with van der Waals surface area (Å²) in [5.41, 5.74) is 1.32. The standard InChI is InChI=1S/C13H20N2O/c1-13(10-15(2)8-7-14-13)11-5-4-6-12(9-11)16-3/h4-6,9,14H,7-8,10H2,1-3H3. The summed E-state index contributed by atoms with van der Waals surface area (Å²) >= 11 is 0. The highest BCUT2D eigenvalue weighted by molar-refractivity contribution is 5.33. The van der Waals surface area contributed by atoms with E-state index in [-0.39, 0.29) is 5.54 Å². The molecule has 1 fully saturated rings. The summed E-state index contributed by atoms with van der Waals surface area (Å²) in [6.45, 7) is 5.42. The van der Waals surface area contributed by atoms with Gasteiger partial charge in [0.1, 0.15) is 5.75 Å². The van der Waals surface area contributed by atoms with Gasteiger partial charge < -0.3 is 15.0 Å². The molecule has 0 amide bonds. The minimum absolute atomic E-state index is 0.0293. The van der Waals surface area contributed by atoms with E-state index in [4.69, 9.17) is 4.74 Å². The highest BCUT2D eigenvalue weighted by atomic mass is 16.5. The zero-order valence-electron chi connectivity index (χ0n) is 10.3. The van der Waals surface area contributed by atoms with Crippen LogP contribution in [0.5, 0.6) is 5.75 Å². The third-order valence-electron chi connectivity index (χ3n) is 3.30. The predicted molar refractivity (Wildman–Crippen MR) is 65.8 cm³/mol. The molecule has 1 heterocycles. The number of benzene rings is 1. The molecule has 0 bridgehead atoms. The fourth-order valence-electron chi connectivity index (χ4n) is 2.36. The van der Waals surface area contributed by atoms with E-state index in [2.05, 4.69) is 42.4 Å². The SMILES string of the molecule is COc1cccc(C2(C)CN(C)CCN2)c1. The summed E-state index contributed by atoms with van der Waals surface area (Å²) in [5.74, 6) is 0.925. The zero-order chi connectivity index (χ0) is 11.6. The molecule has 3 nitrogen and oxygen atoms in total. The van der Waals surface area contributed by atoms with Gasteiger partial charge in [0.15, 0.2) is 0 Å². The smallest absolute Gasteiger partial charge is 0.119 e. The normalized spacial score (nSPS) is 26.7. The lowest BCUT2D eigenvalue weighted by molar-refractivity contribution is 0.171. The average molecular weight is 220 g/mol. The molecule has 0 radical (unpaired) electrons. The Kier molecular flexibility index (Phi) is 3.17. The maximum absolute atomic E-state index is 5.28. The topological polar surface area (TPSA) is 24.5 Å². The Balaban J connectivity index is 2.27. The zero-order valence-corrected chi connectivity index (χ0v) is 10.3. The van der Waals surface area contributed by atoms with Crippen molar-refractivity contribution in [1.29, 1.82) is 0 Å². The molecule has 1 atom stereocenters.